The van der Waals surface area contributed by atoms with Gasteiger partial charge >= 0.3 is 0 Å². The lowest BCUT2D eigenvalue weighted by molar-refractivity contribution is 0.120. The molecule has 0 atom stereocenters. The molecule has 1 aliphatic rings. The van der Waals surface area contributed by atoms with Gasteiger partial charge in [0.1, 0.15) is 0 Å². The number of hydrogen-bond acceptors (Lipinski definition) is 3. The molecule has 0 radical (unpaired) electrons. The molecule has 0 amide bonds. The predicted molar refractivity (Wildman–Crippen MR) is 42.5 cm³/mol. The molecule has 1 fully saturated rings. The summed E-state index contributed by atoms with van der Waals surface area (Å²) in [7, 11) is 3.94. The van der Waals surface area contributed by atoms with E-state index < -0.39 is 0 Å². The minimum absolute atomic E-state index is 0.604. The molecule has 0 heterocycles. The van der Waals surface area contributed by atoms with Crippen LogP contribution in [0.5, 0.6) is 0 Å². The first-order chi connectivity index (χ1) is 4.77. The summed E-state index contributed by atoms with van der Waals surface area (Å²) in [5.74, 6) is 4.75. The standard InChI is InChI=1S/C4H12N2O.C3H6/c1-6(2)3-4-7-5;1-2-3-1/h3-5H2,1-2H3;1-3H2. The van der Waals surface area contributed by atoms with Gasteiger partial charge in [0.15, 0.2) is 0 Å². The quantitative estimate of drug-likeness (QED) is 0.593. The minimum Gasteiger partial charge on any atom is -0.307 e. The molecule has 1 saturated carbocycles. The van der Waals surface area contributed by atoms with Crippen molar-refractivity contribution in [2.75, 3.05) is 27.2 Å². The third kappa shape index (κ3) is 15.7. The first-order valence-corrected chi connectivity index (χ1v) is 3.74. The van der Waals surface area contributed by atoms with Gasteiger partial charge in [-0.3, -0.25) is 0 Å². The average molecular weight is 146 g/mol. The molecule has 3 nitrogen and oxygen atoms in total. The third-order valence-corrected chi connectivity index (χ3v) is 1.01. The second kappa shape index (κ2) is 6.99. The highest BCUT2D eigenvalue weighted by molar-refractivity contribution is 4.50. The zero-order valence-electron chi connectivity index (χ0n) is 6.97. The molecule has 0 bridgehead atoms. The summed E-state index contributed by atoms with van der Waals surface area (Å²) in [5, 5.41) is 0. The summed E-state index contributed by atoms with van der Waals surface area (Å²) >= 11 is 0. The van der Waals surface area contributed by atoms with Crippen molar-refractivity contribution in [3.63, 3.8) is 0 Å². The van der Waals surface area contributed by atoms with Crippen molar-refractivity contribution < 1.29 is 4.84 Å². The van der Waals surface area contributed by atoms with Crippen molar-refractivity contribution in [2.24, 2.45) is 5.90 Å². The van der Waals surface area contributed by atoms with Crippen LogP contribution in [0.15, 0.2) is 0 Å². The fourth-order valence-corrected chi connectivity index (χ4v) is 0.235. The van der Waals surface area contributed by atoms with Crippen molar-refractivity contribution >= 4 is 0 Å². The van der Waals surface area contributed by atoms with E-state index in [4.69, 9.17) is 5.90 Å². The topological polar surface area (TPSA) is 38.5 Å². The molecule has 0 aromatic carbocycles. The van der Waals surface area contributed by atoms with Gasteiger partial charge in [0.05, 0.1) is 6.61 Å². The van der Waals surface area contributed by atoms with E-state index in [0.717, 1.165) is 6.54 Å². The van der Waals surface area contributed by atoms with Crippen LogP contribution in [0.2, 0.25) is 0 Å². The summed E-state index contributed by atoms with van der Waals surface area (Å²) in [6, 6.07) is 0. The smallest absolute Gasteiger partial charge is 0.0806 e. The highest BCUT2D eigenvalue weighted by atomic mass is 16.6. The third-order valence-electron chi connectivity index (χ3n) is 1.01. The van der Waals surface area contributed by atoms with Crippen LogP contribution < -0.4 is 5.90 Å². The largest absolute Gasteiger partial charge is 0.307 e. The fourth-order valence-electron chi connectivity index (χ4n) is 0.235. The molecule has 0 spiro atoms. The summed E-state index contributed by atoms with van der Waals surface area (Å²) in [6.07, 6.45) is 4.50. The van der Waals surface area contributed by atoms with Crippen LogP contribution in [0.3, 0.4) is 0 Å². The minimum atomic E-state index is 0.604. The predicted octanol–water partition coefficient (Wildman–Crippen LogP) is 0.609. The zero-order valence-corrected chi connectivity index (χ0v) is 6.97. The normalized spacial score (nSPS) is 14.4. The maximum Gasteiger partial charge on any atom is 0.0806 e. The first-order valence-electron chi connectivity index (χ1n) is 3.74. The van der Waals surface area contributed by atoms with Crippen LogP contribution in [-0.2, 0) is 4.84 Å². The summed E-state index contributed by atoms with van der Waals surface area (Å²) in [5.41, 5.74) is 0. The Balaban J connectivity index is 0.000000219. The SMILES string of the molecule is C1CC1.CN(C)CCON. The van der Waals surface area contributed by atoms with Gasteiger partial charge in [0.2, 0.25) is 0 Å². The van der Waals surface area contributed by atoms with Gasteiger partial charge in [0, 0.05) is 6.54 Å². The van der Waals surface area contributed by atoms with Gasteiger partial charge in [-0.1, -0.05) is 19.3 Å². The number of hydrogen-bond donors (Lipinski definition) is 1. The highest BCUT2D eigenvalue weighted by Gasteiger charge is 1.95. The number of rotatable bonds is 3. The van der Waals surface area contributed by atoms with E-state index in [2.05, 4.69) is 4.84 Å². The Hall–Kier alpha value is -0.120. The van der Waals surface area contributed by atoms with Crippen molar-refractivity contribution in [1.29, 1.82) is 0 Å². The monoisotopic (exact) mass is 146 g/mol. The van der Waals surface area contributed by atoms with E-state index in [1.807, 2.05) is 19.0 Å². The second-order valence-electron chi connectivity index (χ2n) is 2.73. The first kappa shape index (κ1) is 9.88. The van der Waals surface area contributed by atoms with Crippen LogP contribution in [0.1, 0.15) is 19.3 Å². The maximum absolute atomic E-state index is 4.75. The van der Waals surface area contributed by atoms with E-state index in [-0.39, 0.29) is 0 Å². The Morgan fingerprint density at radius 2 is 1.80 bits per heavy atom. The maximum atomic E-state index is 4.75. The Bertz CT molecular complexity index is 61.9. The molecule has 1 aliphatic carbocycles. The van der Waals surface area contributed by atoms with E-state index in [1.165, 1.54) is 19.3 Å². The lowest BCUT2D eigenvalue weighted by atomic mass is 10.6. The summed E-state index contributed by atoms with van der Waals surface area (Å²) in [4.78, 5) is 6.32. The molecule has 10 heavy (non-hydrogen) atoms. The van der Waals surface area contributed by atoms with Gasteiger partial charge in [-0.05, 0) is 14.1 Å². The van der Waals surface area contributed by atoms with Gasteiger partial charge < -0.3 is 9.74 Å². The van der Waals surface area contributed by atoms with Crippen LogP contribution in [0, 0.1) is 0 Å². The van der Waals surface area contributed by atoms with Crippen molar-refractivity contribution in [1.82, 2.24) is 4.90 Å². The molecule has 0 unspecified atom stereocenters. The Kier molecular flexibility index (Phi) is 6.91. The van der Waals surface area contributed by atoms with Crippen LogP contribution >= 0.6 is 0 Å². The molecule has 62 valence electrons. The van der Waals surface area contributed by atoms with Crippen molar-refractivity contribution in [3.8, 4) is 0 Å². The van der Waals surface area contributed by atoms with E-state index in [1.54, 1.807) is 0 Å². The summed E-state index contributed by atoms with van der Waals surface area (Å²) in [6.45, 7) is 1.49. The van der Waals surface area contributed by atoms with E-state index in [0.29, 0.717) is 6.61 Å². The molecule has 0 aromatic heterocycles. The molecule has 0 aliphatic heterocycles. The molecule has 2 N–H and O–H groups in total. The lowest BCUT2D eigenvalue weighted by Crippen LogP contribution is -2.19. The van der Waals surface area contributed by atoms with Crippen LogP contribution in [0.25, 0.3) is 0 Å². The molecule has 0 saturated heterocycles. The molecule has 3 heteroatoms. The van der Waals surface area contributed by atoms with E-state index >= 15 is 0 Å². The highest BCUT2D eigenvalue weighted by Crippen LogP contribution is 2.14. The average Bonchev–Trinajstić information content (AvgIpc) is 2.67. The summed E-state index contributed by atoms with van der Waals surface area (Å²) < 4.78 is 0. The molecular weight excluding hydrogens is 128 g/mol. The van der Waals surface area contributed by atoms with Crippen LogP contribution in [0.4, 0.5) is 0 Å². The fraction of sp³-hybridized carbons (Fsp3) is 1.00. The Labute approximate surface area is 63.1 Å². The van der Waals surface area contributed by atoms with Crippen molar-refractivity contribution in [3.05, 3.63) is 0 Å². The number of nitrogens with zero attached hydrogens (tertiary/aromatic N) is 1. The number of likely N-dealkylation sites (N-methyl/N-ethyl adjacent to an activating group) is 1. The molecule has 1 rings (SSSR count). The van der Waals surface area contributed by atoms with Gasteiger partial charge in [0.25, 0.3) is 0 Å². The van der Waals surface area contributed by atoms with E-state index in [9.17, 15) is 0 Å². The van der Waals surface area contributed by atoms with Gasteiger partial charge in [-0.2, -0.15) is 0 Å². The zero-order chi connectivity index (χ0) is 7.82. The van der Waals surface area contributed by atoms with Crippen molar-refractivity contribution in [2.45, 2.75) is 19.3 Å². The Morgan fingerprint density at radius 1 is 1.30 bits per heavy atom. The van der Waals surface area contributed by atoms with Crippen LogP contribution in [-0.4, -0.2) is 32.1 Å². The second-order valence-corrected chi connectivity index (χ2v) is 2.73. The van der Waals surface area contributed by atoms with Gasteiger partial charge in [-0.25, -0.2) is 5.90 Å². The lowest BCUT2D eigenvalue weighted by Gasteiger charge is -2.05. The molecule has 0 aromatic rings. The Morgan fingerprint density at radius 3 is 1.90 bits per heavy atom. The number of nitrogens with two attached hydrogens (primary N) is 1. The molecular formula is C7H18N2O. The van der Waals surface area contributed by atoms with Gasteiger partial charge in [-0.15, -0.1) is 0 Å².